The van der Waals surface area contributed by atoms with E-state index in [1.807, 2.05) is 19.3 Å². The van der Waals surface area contributed by atoms with Crippen LogP contribution in [0.2, 0.25) is 0 Å². The Morgan fingerprint density at radius 2 is 2.44 bits per heavy atom. The third-order valence-corrected chi connectivity index (χ3v) is 3.48. The van der Waals surface area contributed by atoms with Gasteiger partial charge in [0.1, 0.15) is 5.82 Å². The Bertz CT molecular complexity index is 324. The fourth-order valence-electron chi connectivity index (χ4n) is 2.43. The molecular weight excluding hydrogens is 202 g/mol. The Kier molecular flexibility index (Phi) is 3.96. The molecule has 16 heavy (non-hydrogen) atoms. The monoisotopic (exact) mass is 223 g/mol. The summed E-state index contributed by atoms with van der Waals surface area (Å²) >= 11 is 0. The lowest BCUT2D eigenvalue weighted by Crippen LogP contribution is -2.26. The molecule has 1 fully saturated rings. The molecule has 1 aliphatic carbocycles. The van der Waals surface area contributed by atoms with Gasteiger partial charge < -0.3 is 15.0 Å². The van der Waals surface area contributed by atoms with Crippen LogP contribution in [0.5, 0.6) is 0 Å². The molecule has 2 unspecified atom stereocenters. The van der Waals surface area contributed by atoms with E-state index in [9.17, 15) is 0 Å². The summed E-state index contributed by atoms with van der Waals surface area (Å²) in [4.78, 5) is 4.19. The largest absolute Gasteiger partial charge is 0.376 e. The number of aromatic nitrogens is 2. The average Bonchev–Trinajstić information content (AvgIpc) is 2.88. The van der Waals surface area contributed by atoms with Crippen LogP contribution in [0.3, 0.4) is 0 Å². The molecule has 1 saturated carbocycles. The molecular formula is C12H21N3O. The highest BCUT2D eigenvalue weighted by molar-refractivity contribution is 4.88. The number of nitrogens with zero attached hydrogens (tertiary/aromatic N) is 2. The molecule has 1 aromatic rings. The van der Waals surface area contributed by atoms with Gasteiger partial charge in [-0.25, -0.2) is 4.98 Å². The second-order valence-electron chi connectivity index (χ2n) is 4.50. The van der Waals surface area contributed by atoms with Crippen molar-refractivity contribution < 1.29 is 4.74 Å². The zero-order valence-corrected chi connectivity index (χ0v) is 9.93. The summed E-state index contributed by atoms with van der Waals surface area (Å²) in [5.74, 6) is 1.62. The first-order chi connectivity index (χ1) is 7.81. The maximum absolute atomic E-state index is 5.91. The summed E-state index contributed by atoms with van der Waals surface area (Å²) < 4.78 is 8.02. The molecule has 0 aliphatic heterocycles. The van der Waals surface area contributed by atoms with Gasteiger partial charge in [0.05, 0.1) is 12.7 Å². The van der Waals surface area contributed by atoms with Crippen molar-refractivity contribution in [3.8, 4) is 0 Å². The fourth-order valence-corrected chi connectivity index (χ4v) is 2.43. The van der Waals surface area contributed by atoms with Crippen molar-refractivity contribution in [1.82, 2.24) is 9.55 Å². The van der Waals surface area contributed by atoms with Crippen LogP contribution in [0.4, 0.5) is 0 Å². The van der Waals surface area contributed by atoms with Gasteiger partial charge in [-0.1, -0.05) is 6.42 Å². The Morgan fingerprint density at radius 1 is 1.56 bits per heavy atom. The first kappa shape index (κ1) is 11.6. The molecule has 0 amide bonds. The number of rotatable bonds is 5. The van der Waals surface area contributed by atoms with Crippen LogP contribution in [0, 0.1) is 12.8 Å². The van der Waals surface area contributed by atoms with Gasteiger partial charge in [0.15, 0.2) is 0 Å². The Labute approximate surface area is 96.8 Å². The maximum atomic E-state index is 5.91. The molecule has 4 nitrogen and oxygen atoms in total. The molecule has 0 radical (unpaired) electrons. The van der Waals surface area contributed by atoms with Gasteiger partial charge >= 0.3 is 0 Å². The lowest BCUT2D eigenvalue weighted by atomic mass is 10.1. The zero-order chi connectivity index (χ0) is 11.4. The first-order valence-electron chi connectivity index (χ1n) is 6.10. The quantitative estimate of drug-likeness (QED) is 0.819. The molecule has 2 atom stereocenters. The molecule has 1 heterocycles. The minimum absolute atomic E-state index is 0.383. The van der Waals surface area contributed by atoms with Crippen LogP contribution in [-0.4, -0.2) is 28.8 Å². The number of aryl methyl sites for hydroxylation is 1. The van der Waals surface area contributed by atoms with E-state index in [-0.39, 0.29) is 0 Å². The van der Waals surface area contributed by atoms with Gasteiger partial charge in [0, 0.05) is 18.9 Å². The number of ether oxygens (including phenoxy) is 1. The van der Waals surface area contributed by atoms with Crippen molar-refractivity contribution in [2.75, 3.05) is 13.2 Å². The molecule has 2 N–H and O–H groups in total. The first-order valence-corrected chi connectivity index (χ1v) is 6.10. The van der Waals surface area contributed by atoms with Gasteiger partial charge in [0.25, 0.3) is 0 Å². The van der Waals surface area contributed by atoms with Gasteiger partial charge in [-0.3, -0.25) is 0 Å². The maximum Gasteiger partial charge on any atom is 0.105 e. The summed E-state index contributed by atoms with van der Waals surface area (Å²) in [6.07, 6.45) is 7.86. The standard InChI is InChI=1S/C12H21N3O/c1-10-14-5-6-15(10)7-8-16-12-4-2-3-11(12)9-13/h5-6,11-12H,2-4,7-9,13H2,1H3. The summed E-state index contributed by atoms with van der Waals surface area (Å²) in [7, 11) is 0. The lowest BCUT2D eigenvalue weighted by molar-refractivity contribution is 0.0254. The van der Waals surface area contributed by atoms with Crippen molar-refractivity contribution in [3.63, 3.8) is 0 Å². The van der Waals surface area contributed by atoms with E-state index in [4.69, 9.17) is 10.5 Å². The van der Waals surface area contributed by atoms with Gasteiger partial charge in [-0.15, -0.1) is 0 Å². The molecule has 4 heteroatoms. The molecule has 0 aromatic carbocycles. The predicted molar refractivity (Wildman–Crippen MR) is 63.1 cm³/mol. The minimum Gasteiger partial charge on any atom is -0.376 e. The second-order valence-corrected chi connectivity index (χ2v) is 4.50. The Balaban J connectivity index is 1.74. The van der Waals surface area contributed by atoms with Crippen molar-refractivity contribution >= 4 is 0 Å². The smallest absolute Gasteiger partial charge is 0.105 e. The van der Waals surface area contributed by atoms with Crippen LogP contribution < -0.4 is 5.73 Å². The molecule has 90 valence electrons. The highest BCUT2D eigenvalue weighted by Gasteiger charge is 2.26. The number of hydrogen-bond donors (Lipinski definition) is 1. The highest BCUT2D eigenvalue weighted by atomic mass is 16.5. The van der Waals surface area contributed by atoms with Crippen molar-refractivity contribution in [3.05, 3.63) is 18.2 Å². The van der Waals surface area contributed by atoms with Gasteiger partial charge in [-0.05, 0) is 32.2 Å². The molecule has 0 spiro atoms. The SMILES string of the molecule is Cc1nccn1CCOC1CCCC1CN. The van der Waals surface area contributed by atoms with Crippen molar-refractivity contribution in [1.29, 1.82) is 0 Å². The van der Waals surface area contributed by atoms with Crippen molar-refractivity contribution in [2.24, 2.45) is 11.7 Å². The molecule has 1 aliphatic rings. The Morgan fingerprint density at radius 3 is 3.12 bits per heavy atom. The van der Waals surface area contributed by atoms with E-state index in [1.165, 1.54) is 19.3 Å². The zero-order valence-electron chi connectivity index (χ0n) is 9.93. The minimum atomic E-state index is 0.383. The topological polar surface area (TPSA) is 53.1 Å². The van der Waals surface area contributed by atoms with Gasteiger partial charge in [0.2, 0.25) is 0 Å². The summed E-state index contributed by atoms with van der Waals surface area (Å²) in [5.41, 5.74) is 5.72. The molecule has 0 bridgehead atoms. The summed E-state index contributed by atoms with van der Waals surface area (Å²) in [5, 5.41) is 0. The van der Waals surface area contributed by atoms with Crippen LogP contribution in [0.25, 0.3) is 0 Å². The average molecular weight is 223 g/mol. The van der Waals surface area contributed by atoms with E-state index in [2.05, 4.69) is 9.55 Å². The van der Waals surface area contributed by atoms with E-state index in [0.29, 0.717) is 12.0 Å². The fraction of sp³-hybridized carbons (Fsp3) is 0.750. The van der Waals surface area contributed by atoms with E-state index < -0.39 is 0 Å². The lowest BCUT2D eigenvalue weighted by Gasteiger charge is -2.18. The second kappa shape index (κ2) is 5.46. The van der Waals surface area contributed by atoms with Crippen molar-refractivity contribution in [2.45, 2.75) is 38.8 Å². The summed E-state index contributed by atoms with van der Waals surface area (Å²) in [6.45, 7) is 4.42. The third-order valence-electron chi connectivity index (χ3n) is 3.48. The molecule has 2 rings (SSSR count). The molecule has 0 saturated heterocycles. The normalized spacial score (nSPS) is 25.1. The predicted octanol–water partition coefficient (Wildman–Crippen LogP) is 1.34. The summed E-state index contributed by atoms with van der Waals surface area (Å²) in [6, 6.07) is 0. The number of imidazole rings is 1. The van der Waals surface area contributed by atoms with Crippen LogP contribution in [-0.2, 0) is 11.3 Å². The van der Waals surface area contributed by atoms with E-state index in [0.717, 1.165) is 25.5 Å². The van der Waals surface area contributed by atoms with E-state index >= 15 is 0 Å². The third kappa shape index (κ3) is 2.62. The van der Waals surface area contributed by atoms with E-state index in [1.54, 1.807) is 0 Å². The molecule has 1 aromatic heterocycles. The van der Waals surface area contributed by atoms with Crippen LogP contribution in [0.1, 0.15) is 25.1 Å². The Hall–Kier alpha value is -0.870. The highest BCUT2D eigenvalue weighted by Crippen LogP contribution is 2.27. The number of nitrogens with two attached hydrogens (primary N) is 1. The van der Waals surface area contributed by atoms with Crippen LogP contribution >= 0.6 is 0 Å². The number of hydrogen-bond acceptors (Lipinski definition) is 3. The van der Waals surface area contributed by atoms with Crippen LogP contribution in [0.15, 0.2) is 12.4 Å². The van der Waals surface area contributed by atoms with Gasteiger partial charge in [-0.2, -0.15) is 0 Å².